The number of amides is 1. The van der Waals surface area contributed by atoms with E-state index in [1.807, 2.05) is 24.3 Å². The standard InChI is InChI=1S/C22H26N2O3/c1-15-9-10-19-17(13-15)21(16-7-3-4-8-18(16)23-19)22(26)27-14-20(25)24-11-5-2-6-12-24/h3-4,7-8,15H,2,5-6,9-14H2,1H3/t15-/m1/s1. The van der Waals surface area contributed by atoms with Gasteiger partial charge in [-0.3, -0.25) is 9.78 Å². The van der Waals surface area contributed by atoms with E-state index in [9.17, 15) is 9.59 Å². The van der Waals surface area contributed by atoms with E-state index in [0.29, 0.717) is 11.5 Å². The van der Waals surface area contributed by atoms with E-state index < -0.39 is 5.97 Å². The molecule has 0 N–H and O–H groups in total. The lowest BCUT2D eigenvalue weighted by molar-refractivity contribution is -0.135. The van der Waals surface area contributed by atoms with Crippen LogP contribution >= 0.6 is 0 Å². The van der Waals surface area contributed by atoms with E-state index >= 15 is 0 Å². The fraction of sp³-hybridized carbons (Fsp3) is 0.500. The van der Waals surface area contributed by atoms with Crippen molar-refractivity contribution in [1.29, 1.82) is 0 Å². The second-order valence-corrected chi connectivity index (χ2v) is 7.79. The third-order valence-corrected chi connectivity index (χ3v) is 5.75. The number of hydrogen-bond donors (Lipinski definition) is 0. The molecule has 27 heavy (non-hydrogen) atoms. The van der Waals surface area contributed by atoms with Gasteiger partial charge in [0.05, 0.1) is 11.1 Å². The molecule has 1 atom stereocenters. The van der Waals surface area contributed by atoms with Crippen molar-refractivity contribution in [1.82, 2.24) is 9.88 Å². The maximum atomic E-state index is 13.0. The SMILES string of the molecule is C[C@@H]1CCc2nc3ccccc3c(C(=O)OCC(=O)N3CCCCC3)c2C1. The maximum absolute atomic E-state index is 13.0. The summed E-state index contributed by atoms with van der Waals surface area (Å²) in [6.07, 6.45) is 6.02. The number of pyridine rings is 1. The number of fused-ring (bicyclic) bond motifs is 2. The zero-order valence-electron chi connectivity index (χ0n) is 15.9. The average Bonchev–Trinajstić information content (AvgIpc) is 2.70. The van der Waals surface area contributed by atoms with Crippen LogP contribution in [-0.2, 0) is 22.4 Å². The molecule has 5 nitrogen and oxygen atoms in total. The van der Waals surface area contributed by atoms with Gasteiger partial charge in [0, 0.05) is 24.2 Å². The van der Waals surface area contributed by atoms with Gasteiger partial charge in [-0.15, -0.1) is 0 Å². The molecule has 5 heteroatoms. The Labute approximate surface area is 159 Å². The third-order valence-electron chi connectivity index (χ3n) is 5.75. The van der Waals surface area contributed by atoms with E-state index in [-0.39, 0.29) is 12.5 Å². The summed E-state index contributed by atoms with van der Waals surface area (Å²) in [7, 11) is 0. The monoisotopic (exact) mass is 366 g/mol. The van der Waals surface area contributed by atoms with Crippen LogP contribution < -0.4 is 0 Å². The van der Waals surface area contributed by atoms with Gasteiger partial charge in [0.25, 0.3) is 5.91 Å². The highest BCUT2D eigenvalue weighted by atomic mass is 16.5. The normalized spacial score (nSPS) is 19.6. The van der Waals surface area contributed by atoms with Crippen LogP contribution in [0, 0.1) is 5.92 Å². The number of aromatic nitrogens is 1. The number of likely N-dealkylation sites (tertiary alicyclic amines) is 1. The fourth-order valence-corrected chi connectivity index (χ4v) is 4.23. The first-order valence-electron chi connectivity index (χ1n) is 9.99. The molecule has 2 heterocycles. The molecule has 142 valence electrons. The summed E-state index contributed by atoms with van der Waals surface area (Å²) in [6, 6.07) is 7.70. The highest BCUT2D eigenvalue weighted by Gasteiger charge is 2.27. The van der Waals surface area contributed by atoms with Crippen LogP contribution in [0.15, 0.2) is 24.3 Å². The molecule has 4 rings (SSSR count). The minimum absolute atomic E-state index is 0.0938. The van der Waals surface area contributed by atoms with Gasteiger partial charge in [-0.2, -0.15) is 0 Å². The minimum Gasteiger partial charge on any atom is -0.452 e. The van der Waals surface area contributed by atoms with Crippen LogP contribution in [0.1, 0.15) is 54.2 Å². The first-order valence-corrected chi connectivity index (χ1v) is 9.99. The van der Waals surface area contributed by atoms with Crippen molar-refractivity contribution < 1.29 is 14.3 Å². The quantitative estimate of drug-likeness (QED) is 0.780. The van der Waals surface area contributed by atoms with Crippen molar-refractivity contribution in [2.45, 2.75) is 45.4 Å². The molecule has 0 bridgehead atoms. The van der Waals surface area contributed by atoms with Crippen molar-refractivity contribution >= 4 is 22.8 Å². The largest absolute Gasteiger partial charge is 0.452 e. The molecule has 1 amide bonds. The lowest BCUT2D eigenvalue weighted by atomic mass is 9.84. The molecule has 0 saturated carbocycles. The third kappa shape index (κ3) is 3.68. The zero-order valence-corrected chi connectivity index (χ0v) is 15.9. The van der Waals surface area contributed by atoms with Crippen LogP contribution in [0.5, 0.6) is 0 Å². The van der Waals surface area contributed by atoms with Crippen LogP contribution in [0.2, 0.25) is 0 Å². The van der Waals surface area contributed by atoms with Crippen molar-refractivity contribution in [3.8, 4) is 0 Å². The number of nitrogens with zero attached hydrogens (tertiary/aromatic N) is 2. The molecule has 1 saturated heterocycles. The van der Waals surface area contributed by atoms with Crippen molar-refractivity contribution in [3.05, 3.63) is 41.1 Å². The number of rotatable bonds is 3. The summed E-state index contributed by atoms with van der Waals surface area (Å²) in [5.41, 5.74) is 3.43. The highest BCUT2D eigenvalue weighted by Crippen LogP contribution is 2.32. The van der Waals surface area contributed by atoms with Crippen LogP contribution in [-0.4, -0.2) is 41.5 Å². The Kier molecular flexibility index (Phi) is 5.10. The lowest BCUT2D eigenvalue weighted by Gasteiger charge is -2.27. The summed E-state index contributed by atoms with van der Waals surface area (Å²) < 4.78 is 5.49. The molecular formula is C22H26N2O3. The van der Waals surface area contributed by atoms with E-state index in [1.165, 1.54) is 0 Å². The minimum atomic E-state index is -0.399. The number of hydrogen-bond acceptors (Lipinski definition) is 4. The highest BCUT2D eigenvalue weighted by molar-refractivity contribution is 6.05. The Balaban J connectivity index is 1.60. The van der Waals surface area contributed by atoms with Crippen molar-refractivity contribution in [3.63, 3.8) is 0 Å². The van der Waals surface area contributed by atoms with Crippen LogP contribution in [0.25, 0.3) is 10.9 Å². The number of benzene rings is 1. The molecule has 2 aromatic rings. The summed E-state index contributed by atoms with van der Waals surface area (Å²) in [4.78, 5) is 32.0. The van der Waals surface area contributed by atoms with E-state index in [1.54, 1.807) is 4.90 Å². The lowest BCUT2D eigenvalue weighted by Crippen LogP contribution is -2.38. The molecule has 2 aliphatic rings. The van der Waals surface area contributed by atoms with Crippen molar-refractivity contribution in [2.75, 3.05) is 19.7 Å². The number of carbonyl (C=O) groups is 2. The Morgan fingerprint density at radius 2 is 1.96 bits per heavy atom. The molecule has 1 aromatic heterocycles. The summed E-state index contributed by atoms with van der Waals surface area (Å²) in [6.45, 7) is 3.55. The summed E-state index contributed by atoms with van der Waals surface area (Å²) >= 11 is 0. The predicted molar refractivity (Wildman–Crippen MR) is 104 cm³/mol. The van der Waals surface area contributed by atoms with Crippen molar-refractivity contribution in [2.24, 2.45) is 5.92 Å². The Morgan fingerprint density at radius 3 is 2.78 bits per heavy atom. The number of aryl methyl sites for hydroxylation is 1. The van der Waals surface area contributed by atoms with Crippen LogP contribution in [0.3, 0.4) is 0 Å². The number of piperidine rings is 1. The molecule has 1 aliphatic heterocycles. The molecule has 0 radical (unpaired) electrons. The first-order chi connectivity index (χ1) is 13.1. The van der Waals surface area contributed by atoms with Gasteiger partial charge in [-0.05, 0) is 56.1 Å². The zero-order chi connectivity index (χ0) is 18.8. The molecule has 1 aliphatic carbocycles. The van der Waals surface area contributed by atoms with Gasteiger partial charge >= 0.3 is 5.97 Å². The Bertz CT molecular complexity index is 871. The fourth-order valence-electron chi connectivity index (χ4n) is 4.23. The second kappa shape index (κ2) is 7.67. The molecule has 1 fully saturated rings. The number of ether oxygens (including phenoxy) is 1. The smallest absolute Gasteiger partial charge is 0.339 e. The summed E-state index contributed by atoms with van der Waals surface area (Å²) in [5, 5.41) is 0.820. The number of esters is 1. The Hall–Kier alpha value is -2.43. The van der Waals surface area contributed by atoms with Gasteiger partial charge in [-0.1, -0.05) is 25.1 Å². The van der Waals surface area contributed by atoms with E-state index in [0.717, 1.165) is 73.8 Å². The number of para-hydroxylation sites is 1. The molecular weight excluding hydrogens is 340 g/mol. The topological polar surface area (TPSA) is 59.5 Å². The van der Waals surface area contributed by atoms with Gasteiger partial charge in [0.15, 0.2) is 6.61 Å². The molecule has 0 unspecified atom stereocenters. The van der Waals surface area contributed by atoms with Gasteiger partial charge in [-0.25, -0.2) is 4.79 Å². The second-order valence-electron chi connectivity index (χ2n) is 7.79. The van der Waals surface area contributed by atoms with Gasteiger partial charge in [0.2, 0.25) is 0 Å². The number of carbonyl (C=O) groups excluding carboxylic acids is 2. The van der Waals surface area contributed by atoms with Gasteiger partial charge in [0.1, 0.15) is 0 Å². The average molecular weight is 366 g/mol. The van der Waals surface area contributed by atoms with Gasteiger partial charge < -0.3 is 9.64 Å². The molecule has 1 aromatic carbocycles. The molecule has 0 spiro atoms. The Morgan fingerprint density at radius 1 is 1.19 bits per heavy atom. The van der Waals surface area contributed by atoms with Crippen LogP contribution in [0.4, 0.5) is 0 Å². The van der Waals surface area contributed by atoms with E-state index in [4.69, 9.17) is 9.72 Å². The van der Waals surface area contributed by atoms with E-state index in [2.05, 4.69) is 6.92 Å². The maximum Gasteiger partial charge on any atom is 0.339 e. The first kappa shape index (κ1) is 18.0. The predicted octanol–water partition coefficient (Wildman–Crippen LogP) is 3.53. The summed E-state index contributed by atoms with van der Waals surface area (Å²) in [5.74, 6) is 0.0231.